The Kier molecular flexibility index (Phi) is 11.1. The van der Waals surface area contributed by atoms with E-state index in [-0.39, 0.29) is 5.41 Å². The molecule has 1 aromatic heterocycles. The van der Waals surface area contributed by atoms with Crippen LogP contribution in [-0.4, -0.2) is 26.4 Å². The highest BCUT2D eigenvalue weighted by Crippen LogP contribution is 2.50. The van der Waals surface area contributed by atoms with Gasteiger partial charge in [0.25, 0.3) is 0 Å². The number of unbranched alkanes of at least 4 members (excludes halogenated alkanes) is 9. The first kappa shape index (κ1) is 23.5. The minimum absolute atomic E-state index is 0.117. The van der Waals surface area contributed by atoms with Crippen LogP contribution in [0.15, 0.2) is 7.57 Å². The molecule has 1 aliphatic rings. The van der Waals surface area contributed by atoms with Crippen molar-refractivity contribution in [3.63, 3.8) is 0 Å². The van der Waals surface area contributed by atoms with Crippen LogP contribution in [0.25, 0.3) is 0 Å². The Morgan fingerprint density at radius 3 is 1.85 bits per heavy atom. The van der Waals surface area contributed by atoms with Crippen molar-refractivity contribution in [2.45, 2.75) is 78.1 Å². The van der Waals surface area contributed by atoms with E-state index >= 15 is 0 Å². The Bertz CT molecular complexity index is 519. The third-order valence-electron chi connectivity index (χ3n) is 4.97. The van der Waals surface area contributed by atoms with Gasteiger partial charge in [-0.2, -0.15) is 0 Å². The monoisotopic (exact) mass is 524 g/mol. The van der Waals surface area contributed by atoms with Crippen molar-refractivity contribution in [3.8, 4) is 11.5 Å². The van der Waals surface area contributed by atoms with E-state index in [0.717, 1.165) is 32.1 Å². The number of hydrogen-bond donors (Lipinski definition) is 0. The lowest BCUT2D eigenvalue weighted by Gasteiger charge is -2.26. The van der Waals surface area contributed by atoms with Crippen LogP contribution in [0.4, 0.5) is 0 Å². The topological polar surface area (TPSA) is 27.7 Å². The van der Waals surface area contributed by atoms with Crippen molar-refractivity contribution in [2.24, 2.45) is 5.41 Å². The number of ether oxygens (including phenoxy) is 3. The molecule has 0 aromatic carbocycles. The van der Waals surface area contributed by atoms with Gasteiger partial charge in [-0.15, -0.1) is 11.3 Å². The summed E-state index contributed by atoms with van der Waals surface area (Å²) in [5.74, 6) is 1.62. The van der Waals surface area contributed by atoms with Gasteiger partial charge in [-0.05, 0) is 38.3 Å². The molecular weight excluding hydrogens is 492 g/mol. The van der Waals surface area contributed by atoms with Crippen LogP contribution in [-0.2, 0) is 4.74 Å². The molecule has 0 fully saturated rings. The molecule has 0 saturated heterocycles. The SMILES string of the molecule is CCCCCCCCCCCCOCC1(C)COc2c(Br)sc(Br)c2OC1. The van der Waals surface area contributed by atoms with E-state index < -0.39 is 0 Å². The minimum atomic E-state index is -0.117. The summed E-state index contributed by atoms with van der Waals surface area (Å²) in [6, 6.07) is 0. The summed E-state index contributed by atoms with van der Waals surface area (Å²) in [5, 5.41) is 0. The summed E-state index contributed by atoms with van der Waals surface area (Å²) in [5.41, 5.74) is -0.117. The minimum Gasteiger partial charge on any atom is -0.487 e. The van der Waals surface area contributed by atoms with Crippen molar-refractivity contribution < 1.29 is 14.2 Å². The molecule has 0 radical (unpaired) electrons. The maximum absolute atomic E-state index is 6.00. The van der Waals surface area contributed by atoms with Gasteiger partial charge in [0, 0.05) is 6.61 Å². The van der Waals surface area contributed by atoms with Crippen LogP contribution in [0, 0.1) is 5.41 Å². The van der Waals surface area contributed by atoms with Crippen molar-refractivity contribution >= 4 is 43.2 Å². The zero-order valence-corrected chi connectivity index (χ0v) is 20.8. The first-order valence-electron chi connectivity index (χ1n) is 10.4. The number of halogens is 2. The molecule has 2 heterocycles. The van der Waals surface area contributed by atoms with E-state index in [1.165, 1.54) is 57.8 Å². The average Bonchev–Trinajstić information content (AvgIpc) is 2.80. The molecule has 3 nitrogen and oxygen atoms in total. The second kappa shape index (κ2) is 12.7. The summed E-state index contributed by atoms with van der Waals surface area (Å²) in [4.78, 5) is 0. The van der Waals surface area contributed by atoms with Crippen LogP contribution < -0.4 is 9.47 Å². The van der Waals surface area contributed by atoms with Crippen LogP contribution in [0.1, 0.15) is 78.1 Å². The molecule has 0 saturated carbocycles. The summed E-state index contributed by atoms with van der Waals surface area (Å²) in [6.45, 7) is 7.17. The summed E-state index contributed by atoms with van der Waals surface area (Å²) < 4.78 is 19.9. The Morgan fingerprint density at radius 2 is 1.33 bits per heavy atom. The fourth-order valence-corrected chi connectivity index (χ4v) is 6.08. The number of hydrogen-bond acceptors (Lipinski definition) is 4. The Balaban J connectivity index is 1.51. The number of rotatable bonds is 13. The van der Waals surface area contributed by atoms with Crippen molar-refractivity contribution in [1.29, 1.82) is 0 Å². The van der Waals surface area contributed by atoms with E-state index in [1.807, 2.05) is 0 Å². The number of thiophene rings is 1. The summed E-state index contributed by atoms with van der Waals surface area (Å²) in [6.07, 6.45) is 13.5. The summed E-state index contributed by atoms with van der Waals surface area (Å²) >= 11 is 8.67. The first-order chi connectivity index (χ1) is 13.1. The Hall–Kier alpha value is 0.220. The fraction of sp³-hybridized carbons (Fsp3) is 0.810. The highest BCUT2D eigenvalue weighted by Gasteiger charge is 2.33. The second-order valence-corrected chi connectivity index (χ2v) is 11.6. The van der Waals surface area contributed by atoms with Gasteiger partial charge >= 0.3 is 0 Å². The molecule has 0 unspecified atom stereocenters. The smallest absolute Gasteiger partial charge is 0.187 e. The zero-order chi connectivity index (χ0) is 19.5. The van der Waals surface area contributed by atoms with Crippen molar-refractivity contribution in [2.75, 3.05) is 26.4 Å². The molecule has 6 heteroatoms. The molecule has 0 atom stereocenters. The van der Waals surface area contributed by atoms with Crippen LogP contribution in [0.3, 0.4) is 0 Å². The van der Waals surface area contributed by atoms with E-state index in [1.54, 1.807) is 11.3 Å². The average molecular weight is 526 g/mol. The molecular formula is C21H34Br2O3S. The lowest BCUT2D eigenvalue weighted by Crippen LogP contribution is -2.35. The summed E-state index contributed by atoms with van der Waals surface area (Å²) in [7, 11) is 0. The molecule has 0 amide bonds. The highest BCUT2D eigenvalue weighted by molar-refractivity contribution is 9.12. The van der Waals surface area contributed by atoms with E-state index in [9.17, 15) is 0 Å². The molecule has 0 N–H and O–H groups in total. The van der Waals surface area contributed by atoms with E-state index in [4.69, 9.17) is 14.2 Å². The van der Waals surface area contributed by atoms with Gasteiger partial charge in [-0.25, -0.2) is 0 Å². The number of fused-ring (bicyclic) bond motifs is 1. The largest absolute Gasteiger partial charge is 0.487 e. The standard InChI is InChI=1S/C21H34Br2O3S/c1-3-4-5-6-7-8-9-10-11-12-13-24-14-21(2)15-25-17-18(26-16-21)20(23)27-19(17)22/h3-16H2,1-2H3. The molecule has 156 valence electrons. The molecule has 2 rings (SSSR count). The van der Waals surface area contributed by atoms with Crippen molar-refractivity contribution in [3.05, 3.63) is 7.57 Å². The molecule has 1 aromatic rings. The highest BCUT2D eigenvalue weighted by atomic mass is 79.9. The van der Waals surface area contributed by atoms with Gasteiger partial charge in [-0.1, -0.05) is 71.6 Å². The lowest BCUT2D eigenvalue weighted by atomic mass is 9.94. The molecule has 0 bridgehead atoms. The lowest BCUT2D eigenvalue weighted by molar-refractivity contribution is 0.00541. The quantitative estimate of drug-likeness (QED) is 0.244. The van der Waals surface area contributed by atoms with Crippen LogP contribution in [0.5, 0.6) is 11.5 Å². The normalized spacial score (nSPS) is 15.7. The van der Waals surface area contributed by atoms with Gasteiger partial charge in [-0.3, -0.25) is 0 Å². The second-order valence-electron chi connectivity index (χ2n) is 7.93. The Morgan fingerprint density at radius 1 is 0.852 bits per heavy atom. The van der Waals surface area contributed by atoms with Gasteiger partial charge < -0.3 is 14.2 Å². The first-order valence-corrected chi connectivity index (χ1v) is 12.8. The molecule has 0 aliphatic carbocycles. The zero-order valence-electron chi connectivity index (χ0n) is 16.8. The maximum Gasteiger partial charge on any atom is 0.187 e. The maximum atomic E-state index is 6.00. The van der Waals surface area contributed by atoms with Gasteiger partial charge in [0.1, 0.15) is 7.57 Å². The molecule has 0 spiro atoms. The Labute approximate surface area is 185 Å². The van der Waals surface area contributed by atoms with Crippen LogP contribution >= 0.6 is 43.2 Å². The van der Waals surface area contributed by atoms with Crippen LogP contribution in [0.2, 0.25) is 0 Å². The predicted molar refractivity (Wildman–Crippen MR) is 121 cm³/mol. The third kappa shape index (κ3) is 8.23. The van der Waals surface area contributed by atoms with Crippen molar-refractivity contribution in [1.82, 2.24) is 0 Å². The van der Waals surface area contributed by atoms with Gasteiger partial charge in [0.2, 0.25) is 0 Å². The van der Waals surface area contributed by atoms with E-state index in [2.05, 4.69) is 45.7 Å². The third-order valence-corrected chi connectivity index (χ3v) is 7.39. The van der Waals surface area contributed by atoms with Gasteiger partial charge in [0.05, 0.1) is 25.2 Å². The van der Waals surface area contributed by atoms with Gasteiger partial charge in [0.15, 0.2) is 11.5 Å². The molecule has 1 aliphatic heterocycles. The predicted octanol–water partition coefficient (Wildman–Crippen LogP) is 7.99. The molecule has 27 heavy (non-hydrogen) atoms. The fourth-order valence-electron chi connectivity index (χ4n) is 3.22. The van der Waals surface area contributed by atoms with E-state index in [0.29, 0.717) is 19.8 Å².